The van der Waals surface area contributed by atoms with Gasteiger partial charge in [0.05, 0.1) is 6.10 Å². The molecule has 0 unspecified atom stereocenters. The van der Waals surface area contributed by atoms with Gasteiger partial charge in [0.1, 0.15) is 11.5 Å². The maximum atomic E-state index is 10.0. The van der Waals surface area contributed by atoms with Gasteiger partial charge in [-0.15, -0.1) is 0 Å². The van der Waals surface area contributed by atoms with E-state index in [0.29, 0.717) is 13.0 Å². The van der Waals surface area contributed by atoms with Gasteiger partial charge in [0.2, 0.25) is 0 Å². The van der Waals surface area contributed by atoms with E-state index in [9.17, 15) is 15.3 Å². The lowest BCUT2D eigenvalue weighted by Crippen LogP contribution is -2.10. The lowest BCUT2D eigenvalue weighted by molar-refractivity contribution is 0.160. The fraction of sp³-hybridized carbons (Fsp3) is 0.684. The molecular formula is C19H32O4. The molecule has 0 saturated carbocycles. The Bertz CT molecular complexity index is 400. The predicted octanol–water partition coefficient (Wildman–Crippen LogP) is 3.89. The molecule has 0 aliphatic rings. The van der Waals surface area contributed by atoms with Crippen molar-refractivity contribution in [3.8, 4) is 11.5 Å². The Morgan fingerprint density at radius 2 is 1.17 bits per heavy atom. The number of aliphatic hydroxyl groups excluding tert-OH is 2. The van der Waals surface area contributed by atoms with Crippen molar-refractivity contribution in [2.75, 3.05) is 6.61 Å². The standard InChI is InChI=1S/C19H32O4/c20-11-9-7-5-3-1-2-4-6-8-10-17(21)12-16-13-18(22)15-19(23)14-16/h13-15,17,20-23H,1-12H2/t17-/m1/s1. The van der Waals surface area contributed by atoms with Crippen LogP contribution in [0.4, 0.5) is 0 Å². The molecular weight excluding hydrogens is 292 g/mol. The Balaban J connectivity index is 2.00. The first-order valence-electron chi connectivity index (χ1n) is 8.92. The normalized spacial score (nSPS) is 12.4. The largest absolute Gasteiger partial charge is 0.508 e. The highest BCUT2D eigenvalue weighted by Crippen LogP contribution is 2.22. The summed E-state index contributed by atoms with van der Waals surface area (Å²) in [4.78, 5) is 0. The summed E-state index contributed by atoms with van der Waals surface area (Å²) in [5.41, 5.74) is 0.762. The molecule has 0 fully saturated rings. The lowest BCUT2D eigenvalue weighted by atomic mass is 10.0. The van der Waals surface area contributed by atoms with Crippen molar-refractivity contribution in [3.05, 3.63) is 23.8 Å². The number of phenolic OH excluding ortho intramolecular Hbond substituents is 2. The van der Waals surface area contributed by atoms with E-state index in [2.05, 4.69) is 0 Å². The average Bonchev–Trinajstić information content (AvgIpc) is 2.48. The Kier molecular flexibility index (Phi) is 10.5. The van der Waals surface area contributed by atoms with Crippen LogP contribution < -0.4 is 0 Å². The van der Waals surface area contributed by atoms with Crippen LogP contribution in [0.3, 0.4) is 0 Å². The SMILES string of the molecule is OCCCCCCCCCCC[C@@H](O)Cc1cc(O)cc(O)c1. The highest BCUT2D eigenvalue weighted by Gasteiger charge is 2.07. The number of hydrogen-bond donors (Lipinski definition) is 4. The van der Waals surface area contributed by atoms with Crippen molar-refractivity contribution >= 4 is 0 Å². The van der Waals surface area contributed by atoms with Gasteiger partial charge >= 0.3 is 0 Å². The molecule has 23 heavy (non-hydrogen) atoms. The van der Waals surface area contributed by atoms with Crippen LogP contribution in [-0.2, 0) is 6.42 Å². The van der Waals surface area contributed by atoms with Crippen molar-refractivity contribution in [2.45, 2.75) is 76.7 Å². The van der Waals surface area contributed by atoms with E-state index in [1.807, 2.05) is 0 Å². The van der Waals surface area contributed by atoms with Crippen LogP contribution in [-0.4, -0.2) is 33.1 Å². The van der Waals surface area contributed by atoms with Crippen molar-refractivity contribution in [1.29, 1.82) is 0 Å². The minimum atomic E-state index is -0.422. The summed E-state index contributed by atoms with van der Waals surface area (Å²) in [6.45, 7) is 0.310. The second kappa shape index (κ2) is 12.2. The first-order chi connectivity index (χ1) is 11.1. The summed E-state index contributed by atoms with van der Waals surface area (Å²) in [7, 11) is 0. The van der Waals surface area contributed by atoms with Gasteiger partial charge < -0.3 is 20.4 Å². The molecule has 0 radical (unpaired) electrons. The minimum Gasteiger partial charge on any atom is -0.508 e. The molecule has 4 heteroatoms. The highest BCUT2D eigenvalue weighted by molar-refractivity contribution is 5.36. The molecule has 0 bridgehead atoms. The Hall–Kier alpha value is -1.26. The van der Waals surface area contributed by atoms with E-state index >= 15 is 0 Å². The summed E-state index contributed by atoms with van der Waals surface area (Å²) >= 11 is 0. The molecule has 0 amide bonds. The molecule has 0 aliphatic carbocycles. The first-order valence-corrected chi connectivity index (χ1v) is 8.92. The Morgan fingerprint density at radius 3 is 1.70 bits per heavy atom. The van der Waals surface area contributed by atoms with Gasteiger partial charge in [-0.1, -0.05) is 51.4 Å². The third-order valence-electron chi connectivity index (χ3n) is 4.13. The lowest BCUT2D eigenvalue weighted by Gasteiger charge is -2.11. The smallest absolute Gasteiger partial charge is 0.119 e. The highest BCUT2D eigenvalue weighted by atomic mass is 16.3. The van der Waals surface area contributed by atoms with Crippen LogP contribution >= 0.6 is 0 Å². The second-order valence-electron chi connectivity index (χ2n) is 6.41. The third kappa shape index (κ3) is 10.2. The Morgan fingerprint density at radius 1 is 0.696 bits per heavy atom. The van der Waals surface area contributed by atoms with Crippen molar-refractivity contribution in [3.63, 3.8) is 0 Å². The molecule has 0 aliphatic heterocycles. The third-order valence-corrected chi connectivity index (χ3v) is 4.13. The second-order valence-corrected chi connectivity index (χ2v) is 6.41. The summed E-state index contributed by atoms with van der Waals surface area (Å²) in [5.74, 6) is 0.0670. The monoisotopic (exact) mass is 324 g/mol. The van der Waals surface area contributed by atoms with Crippen LogP contribution in [0.15, 0.2) is 18.2 Å². The number of aliphatic hydroxyl groups is 2. The van der Waals surface area contributed by atoms with Gasteiger partial charge in [-0.3, -0.25) is 0 Å². The molecule has 1 rings (SSSR count). The van der Waals surface area contributed by atoms with Crippen molar-refractivity contribution in [1.82, 2.24) is 0 Å². The zero-order valence-electron chi connectivity index (χ0n) is 14.1. The average molecular weight is 324 g/mol. The molecule has 0 aromatic heterocycles. The quantitative estimate of drug-likeness (QED) is 0.415. The molecule has 4 nitrogen and oxygen atoms in total. The summed E-state index contributed by atoms with van der Waals surface area (Å²) < 4.78 is 0. The van der Waals surface area contributed by atoms with E-state index in [4.69, 9.17) is 5.11 Å². The molecule has 1 aromatic carbocycles. The minimum absolute atomic E-state index is 0.0335. The number of benzene rings is 1. The fourth-order valence-electron chi connectivity index (χ4n) is 2.88. The van der Waals surface area contributed by atoms with Gasteiger partial charge in [0.25, 0.3) is 0 Å². The van der Waals surface area contributed by atoms with Crippen LogP contribution in [0.5, 0.6) is 11.5 Å². The zero-order valence-corrected chi connectivity index (χ0v) is 14.1. The first kappa shape index (κ1) is 19.8. The summed E-state index contributed by atoms with van der Waals surface area (Å²) in [5, 5.41) is 37.5. The molecule has 0 heterocycles. The fourth-order valence-corrected chi connectivity index (χ4v) is 2.88. The van der Waals surface area contributed by atoms with Gasteiger partial charge in [0.15, 0.2) is 0 Å². The Labute approximate surface area is 139 Å². The number of rotatable bonds is 13. The van der Waals surface area contributed by atoms with Crippen LogP contribution in [0.1, 0.15) is 69.8 Å². The van der Waals surface area contributed by atoms with Gasteiger partial charge in [-0.2, -0.15) is 0 Å². The van der Waals surface area contributed by atoms with Crippen LogP contribution in [0, 0.1) is 0 Å². The maximum Gasteiger partial charge on any atom is 0.119 e. The van der Waals surface area contributed by atoms with Gasteiger partial charge in [-0.05, 0) is 37.0 Å². The van der Waals surface area contributed by atoms with E-state index in [0.717, 1.165) is 37.7 Å². The summed E-state index contributed by atoms with van der Waals surface area (Å²) in [6.07, 6.45) is 11.2. The maximum absolute atomic E-state index is 10.0. The molecule has 0 spiro atoms. The van der Waals surface area contributed by atoms with Gasteiger partial charge in [0, 0.05) is 12.7 Å². The molecule has 0 saturated heterocycles. The van der Waals surface area contributed by atoms with Crippen LogP contribution in [0.25, 0.3) is 0 Å². The van der Waals surface area contributed by atoms with E-state index in [-0.39, 0.29) is 11.5 Å². The van der Waals surface area contributed by atoms with E-state index < -0.39 is 6.10 Å². The molecule has 132 valence electrons. The van der Waals surface area contributed by atoms with E-state index in [1.165, 1.54) is 38.2 Å². The molecule has 1 aromatic rings. The van der Waals surface area contributed by atoms with Crippen molar-refractivity contribution in [2.24, 2.45) is 0 Å². The van der Waals surface area contributed by atoms with Crippen LogP contribution in [0.2, 0.25) is 0 Å². The number of aromatic hydroxyl groups is 2. The number of hydrogen-bond acceptors (Lipinski definition) is 4. The number of phenols is 2. The topological polar surface area (TPSA) is 80.9 Å². The predicted molar refractivity (Wildman–Crippen MR) is 92.7 cm³/mol. The van der Waals surface area contributed by atoms with Crippen molar-refractivity contribution < 1.29 is 20.4 Å². The van der Waals surface area contributed by atoms with E-state index in [1.54, 1.807) is 12.1 Å². The van der Waals surface area contributed by atoms with Gasteiger partial charge in [-0.25, -0.2) is 0 Å². The molecule has 1 atom stereocenters. The molecule has 4 N–H and O–H groups in total. The number of unbranched alkanes of at least 4 members (excludes halogenated alkanes) is 8. The summed E-state index contributed by atoms with van der Waals surface area (Å²) in [6, 6.07) is 4.46. The zero-order chi connectivity index (χ0) is 16.9.